The van der Waals surface area contributed by atoms with Gasteiger partial charge in [0.2, 0.25) is 11.5 Å². The summed E-state index contributed by atoms with van der Waals surface area (Å²) in [7, 11) is 4.39. The molecule has 29 heavy (non-hydrogen) atoms. The minimum Gasteiger partial charge on any atom is -0.493 e. The quantitative estimate of drug-likeness (QED) is 0.480. The zero-order chi connectivity index (χ0) is 21.1. The van der Waals surface area contributed by atoms with E-state index < -0.39 is 12.1 Å². The number of carbonyl (C=O) groups is 2. The van der Waals surface area contributed by atoms with Crippen molar-refractivity contribution in [2.45, 2.75) is 20.0 Å². The normalized spacial score (nSPS) is 11.8. The summed E-state index contributed by atoms with van der Waals surface area (Å²) in [4.78, 5) is 28.8. The number of aromatic nitrogens is 1. The van der Waals surface area contributed by atoms with Crippen LogP contribution < -0.4 is 14.2 Å². The number of Topliss-reactive ketones (excluding diaryl/α,β-unsaturated/α-hetero) is 1. The number of methoxy groups -OCH3 is 3. The number of aryl methyl sites for hydroxylation is 1. The number of aromatic amines is 1. The molecule has 0 aliphatic heterocycles. The summed E-state index contributed by atoms with van der Waals surface area (Å²) in [6.07, 6.45) is -0.973. The smallest absolute Gasteiger partial charge is 0.339 e. The zero-order valence-electron chi connectivity index (χ0n) is 17.0. The first-order valence-electron chi connectivity index (χ1n) is 9.03. The number of esters is 1. The van der Waals surface area contributed by atoms with Crippen molar-refractivity contribution in [2.75, 3.05) is 21.3 Å². The highest BCUT2D eigenvalue weighted by molar-refractivity contribution is 6.11. The molecular weight excluding hydrogens is 374 g/mol. The van der Waals surface area contributed by atoms with Crippen LogP contribution in [-0.2, 0) is 4.74 Å². The van der Waals surface area contributed by atoms with Crippen LogP contribution in [0.3, 0.4) is 0 Å². The molecule has 2 aromatic carbocycles. The third kappa shape index (κ3) is 3.76. The Balaban J connectivity index is 1.87. The summed E-state index contributed by atoms with van der Waals surface area (Å²) in [5.74, 6) is 0.0731. The molecule has 0 aliphatic rings. The van der Waals surface area contributed by atoms with Crippen LogP contribution in [0.15, 0.2) is 36.4 Å². The van der Waals surface area contributed by atoms with E-state index in [-0.39, 0.29) is 11.3 Å². The van der Waals surface area contributed by atoms with Gasteiger partial charge in [0.25, 0.3) is 0 Å². The van der Waals surface area contributed by atoms with E-state index in [0.29, 0.717) is 22.8 Å². The number of benzene rings is 2. The van der Waals surface area contributed by atoms with Crippen molar-refractivity contribution in [1.82, 2.24) is 4.98 Å². The first kappa shape index (κ1) is 20.3. The summed E-state index contributed by atoms with van der Waals surface area (Å²) in [5.41, 5.74) is 2.30. The summed E-state index contributed by atoms with van der Waals surface area (Å²) in [6, 6.07) is 10.5. The molecule has 7 heteroatoms. The Morgan fingerprint density at radius 3 is 2.17 bits per heavy atom. The molecule has 0 radical (unpaired) electrons. The molecule has 1 heterocycles. The number of hydrogen-bond acceptors (Lipinski definition) is 6. The van der Waals surface area contributed by atoms with Gasteiger partial charge in [0.15, 0.2) is 17.6 Å². The lowest BCUT2D eigenvalue weighted by Gasteiger charge is -2.16. The predicted molar refractivity (Wildman–Crippen MR) is 108 cm³/mol. The number of carbonyl (C=O) groups excluding carboxylic acids is 2. The second-order valence-corrected chi connectivity index (χ2v) is 6.50. The fraction of sp³-hybridized carbons (Fsp3) is 0.273. The van der Waals surface area contributed by atoms with Crippen LogP contribution in [0.25, 0.3) is 10.9 Å². The number of rotatable bonds is 7. The van der Waals surface area contributed by atoms with Crippen LogP contribution in [0.2, 0.25) is 0 Å². The standard InChI is InChI=1S/C22H23NO6/c1-12-19(15-8-6-7-9-16(15)23-12)20(24)13(2)29-22(25)14-10-17(26-3)21(28-5)18(11-14)27-4/h6-11,13,23H,1-5H3/t13-/m1/s1. The van der Waals surface area contributed by atoms with Crippen molar-refractivity contribution in [3.05, 3.63) is 53.2 Å². The van der Waals surface area contributed by atoms with E-state index in [1.54, 1.807) is 6.92 Å². The number of H-pyrrole nitrogens is 1. The first-order chi connectivity index (χ1) is 13.9. The van der Waals surface area contributed by atoms with Gasteiger partial charge in [-0.05, 0) is 32.0 Å². The second-order valence-electron chi connectivity index (χ2n) is 6.50. The monoisotopic (exact) mass is 397 g/mol. The van der Waals surface area contributed by atoms with Crippen LogP contribution in [0.4, 0.5) is 0 Å². The topological polar surface area (TPSA) is 86.9 Å². The van der Waals surface area contributed by atoms with Gasteiger partial charge in [-0.3, -0.25) is 4.79 Å². The van der Waals surface area contributed by atoms with Crippen LogP contribution in [0.1, 0.15) is 33.3 Å². The molecule has 0 bridgehead atoms. The largest absolute Gasteiger partial charge is 0.493 e. The first-order valence-corrected chi connectivity index (χ1v) is 9.03. The van der Waals surface area contributed by atoms with Gasteiger partial charge >= 0.3 is 5.97 Å². The average molecular weight is 397 g/mol. The predicted octanol–water partition coefficient (Wildman–Crippen LogP) is 3.93. The Labute approximate surface area is 168 Å². The lowest BCUT2D eigenvalue weighted by Crippen LogP contribution is -2.25. The van der Waals surface area contributed by atoms with Gasteiger partial charge in [0, 0.05) is 22.2 Å². The van der Waals surface area contributed by atoms with Crippen LogP contribution in [0.5, 0.6) is 17.2 Å². The molecule has 0 unspecified atom stereocenters. The number of hydrogen-bond donors (Lipinski definition) is 1. The van der Waals surface area contributed by atoms with Crippen molar-refractivity contribution >= 4 is 22.7 Å². The summed E-state index contributed by atoms with van der Waals surface area (Å²) in [6.45, 7) is 3.38. The minimum atomic E-state index is -0.973. The Hall–Kier alpha value is -3.48. The fourth-order valence-electron chi connectivity index (χ4n) is 3.28. The lowest BCUT2D eigenvalue weighted by atomic mass is 10.0. The maximum absolute atomic E-state index is 13.0. The van der Waals surface area contributed by atoms with E-state index >= 15 is 0 Å². The van der Waals surface area contributed by atoms with E-state index in [9.17, 15) is 9.59 Å². The van der Waals surface area contributed by atoms with Crippen LogP contribution in [0, 0.1) is 6.92 Å². The zero-order valence-corrected chi connectivity index (χ0v) is 17.0. The van der Waals surface area contributed by atoms with Crippen molar-refractivity contribution < 1.29 is 28.5 Å². The van der Waals surface area contributed by atoms with Crippen molar-refractivity contribution in [2.24, 2.45) is 0 Å². The third-order valence-electron chi connectivity index (χ3n) is 4.69. The van der Waals surface area contributed by atoms with E-state index in [1.807, 2.05) is 31.2 Å². The molecule has 0 aliphatic carbocycles. The Morgan fingerprint density at radius 1 is 0.966 bits per heavy atom. The summed E-state index contributed by atoms with van der Waals surface area (Å²) < 4.78 is 21.2. The van der Waals surface area contributed by atoms with E-state index in [4.69, 9.17) is 18.9 Å². The van der Waals surface area contributed by atoms with Gasteiger partial charge in [0.05, 0.1) is 26.9 Å². The molecular formula is C22H23NO6. The molecule has 1 aromatic heterocycles. The number of ether oxygens (including phenoxy) is 4. The van der Waals surface area contributed by atoms with Crippen molar-refractivity contribution in [3.63, 3.8) is 0 Å². The van der Waals surface area contributed by atoms with E-state index in [1.165, 1.54) is 33.5 Å². The molecule has 0 saturated heterocycles. The Bertz CT molecular complexity index is 1040. The molecule has 3 aromatic rings. The molecule has 1 N–H and O–H groups in total. The molecule has 3 rings (SSSR count). The molecule has 0 fully saturated rings. The van der Waals surface area contributed by atoms with E-state index in [0.717, 1.165) is 16.6 Å². The Morgan fingerprint density at radius 2 is 1.59 bits per heavy atom. The van der Waals surface area contributed by atoms with Gasteiger partial charge in [-0.15, -0.1) is 0 Å². The fourth-order valence-corrected chi connectivity index (χ4v) is 3.28. The number of nitrogens with one attached hydrogen (secondary N) is 1. The van der Waals surface area contributed by atoms with Crippen molar-refractivity contribution in [3.8, 4) is 17.2 Å². The highest BCUT2D eigenvalue weighted by Gasteiger charge is 2.26. The maximum atomic E-state index is 13.0. The van der Waals surface area contributed by atoms with Gasteiger partial charge in [-0.2, -0.15) is 0 Å². The maximum Gasteiger partial charge on any atom is 0.339 e. The number of fused-ring (bicyclic) bond motifs is 1. The number of ketones is 1. The Kier molecular flexibility index (Phi) is 5.77. The van der Waals surface area contributed by atoms with Gasteiger partial charge in [-0.25, -0.2) is 4.79 Å². The molecule has 152 valence electrons. The summed E-state index contributed by atoms with van der Waals surface area (Å²) >= 11 is 0. The molecule has 0 spiro atoms. The average Bonchev–Trinajstić information content (AvgIpc) is 3.07. The molecule has 0 amide bonds. The van der Waals surface area contributed by atoms with Gasteiger partial charge in [0.1, 0.15) is 0 Å². The minimum absolute atomic E-state index is 0.190. The molecule has 0 saturated carbocycles. The SMILES string of the molecule is COc1cc(C(=O)O[C@H](C)C(=O)c2c(C)[nH]c3ccccc23)cc(OC)c1OC. The van der Waals surface area contributed by atoms with Crippen LogP contribution >= 0.6 is 0 Å². The number of para-hydroxylation sites is 1. The highest BCUT2D eigenvalue weighted by Crippen LogP contribution is 2.38. The highest BCUT2D eigenvalue weighted by atomic mass is 16.5. The van der Waals surface area contributed by atoms with E-state index in [2.05, 4.69) is 4.98 Å². The molecule has 7 nitrogen and oxygen atoms in total. The third-order valence-corrected chi connectivity index (χ3v) is 4.69. The summed E-state index contributed by atoms with van der Waals surface area (Å²) in [5, 5.41) is 0.797. The van der Waals surface area contributed by atoms with Crippen LogP contribution in [-0.4, -0.2) is 44.2 Å². The van der Waals surface area contributed by atoms with Crippen molar-refractivity contribution in [1.29, 1.82) is 0 Å². The van der Waals surface area contributed by atoms with Gasteiger partial charge < -0.3 is 23.9 Å². The molecule has 1 atom stereocenters. The lowest BCUT2D eigenvalue weighted by molar-refractivity contribution is 0.0318. The second kappa shape index (κ2) is 8.26. The van der Waals surface area contributed by atoms with Gasteiger partial charge in [-0.1, -0.05) is 18.2 Å².